The smallest absolute Gasteiger partial charge is 0.239 e. The van der Waals surface area contributed by atoms with Crippen LogP contribution in [0.5, 0.6) is 0 Å². The van der Waals surface area contributed by atoms with E-state index in [9.17, 15) is 17.6 Å². The number of ether oxygens (including phenoxy) is 2. The molecule has 0 saturated carbocycles. The number of sulfonamides is 1. The average molecular weight is 538 g/mol. The third kappa shape index (κ3) is 7.16. The highest BCUT2D eigenvalue weighted by Crippen LogP contribution is 2.34. The number of aromatic nitrogens is 2. The summed E-state index contributed by atoms with van der Waals surface area (Å²) in [5.41, 5.74) is 2.35. The van der Waals surface area contributed by atoms with Crippen LogP contribution in [-0.4, -0.2) is 55.2 Å². The standard InChI is InChI=1S/C25H33FN3O5PS/c1-15(2)22-20(12-11-18-13-19(14-21(30)35)34-25(3,4)33-18)23(16-7-9-17(26)10-8-16)28-24(27-22)29(5)36(6,31)32/h7-12,15,18-19H,13-14,35H2,1-6H3/b12-11+/t18-,19-/m1/s1. The van der Waals surface area contributed by atoms with Gasteiger partial charge in [-0.2, -0.15) is 0 Å². The van der Waals surface area contributed by atoms with Gasteiger partial charge in [-0.25, -0.2) is 27.1 Å². The Kier molecular flexibility index (Phi) is 8.66. The van der Waals surface area contributed by atoms with Crippen LogP contribution in [0.25, 0.3) is 17.3 Å². The summed E-state index contributed by atoms with van der Waals surface area (Å²) in [6.07, 6.45) is 4.91. The summed E-state index contributed by atoms with van der Waals surface area (Å²) in [7, 11) is -0.0410. The molecule has 0 radical (unpaired) electrons. The number of hydrogen-bond acceptors (Lipinski definition) is 7. The van der Waals surface area contributed by atoms with E-state index in [-0.39, 0.29) is 36.0 Å². The van der Waals surface area contributed by atoms with Crippen molar-refractivity contribution in [1.82, 2.24) is 9.97 Å². The monoisotopic (exact) mass is 537 g/mol. The summed E-state index contributed by atoms with van der Waals surface area (Å²) in [5.74, 6) is -1.32. The fourth-order valence-electron chi connectivity index (χ4n) is 4.02. The van der Waals surface area contributed by atoms with E-state index < -0.39 is 21.6 Å². The maximum atomic E-state index is 13.7. The Morgan fingerprint density at radius 1 is 1.25 bits per heavy atom. The van der Waals surface area contributed by atoms with Crippen LogP contribution in [0.15, 0.2) is 30.3 Å². The van der Waals surface area contributed by atoms with Gasteiger partial charge in [0.1, 0.15) is 5.82 Å². The number of halogens is 1. The van der Waals surface area contributed by atoms with Gasteiger partial charge in [-0.15, -0.1) is 0 Å². The van der Waals surface area contributed by atoms with E-state index >= 15 is 0 Å². The molecule has 0 N–H and O–H groups in total. The SMILES string of the molecule is CC(C)c1nc(N(C)S(C)(=O)=O)nc(-c2ccc(F)cc2)c1/C=C/[C@@H]1C[C@H](CC(=O)P)OC(C)(C)O1. The topological polar surface area (TPSA) is 98.7 Å². The van der Waals surface area contributed by atoms with Gasteiger partial charge in [0.25, 0.3) is 0 Å². The van der Waals surface area contributed by atoms with Crippen LogP contribution in [0, 0.1) is 5.82 Å². The van der Waals surface area contributed by atoms with Crippen LogP contribution in [0.3, 0.4) is 0 Å². The molecule has 1 fully saturated rings. The first-order chi connectivity index (χ1) is 16.7. The van der Waals surface area contributed by atoms with Gasteiger partial charge in [0, 0.05) is 31.0 Å². The van der Waals surface area contributed by atoms with Crippen LogP contribution in [0.2, 0.25) is 0 Å². The molecular formula is C25H33FN3O5PS. The average Bonchev–Trinajstić information content (AvgIpc) is 2.75. The molecule has 0 spiro atoms. The molecule has 1 aromatic heterocycles. The first kappa shape index (κ1) is 28.3. The molecule has 0 amide bonds. The highest BCUT2D eigenvalue weighted by molar-refractivity contribution is 7.92. The van der Waals surface area contributed by atoms with Crippen molar-refractivity contribution in [3.8, 4) is 11.3 Å². The van der Waals surface area contributed by atoms with Crippen molar-refractivity contribution in [2.24, 2.45) is 0 Å². The lowest BCUT2D eigenvalue weighted by Gasteiger charge is -2.39. The molecule has 3 rings (SSSR count). The third-order valence-corrected chi connectivity index (χ3v) is 7.09. The zero-order valence-electron chi connectivity index (χ0n) is 21.4. The largest absolute Gasteiger partial charge is 0.347 e. The zero-order chi connectivity index (χ0) is 26.8. The van der Waals surface area contributed by atoms with Crippen LogP contribution in [-0.2, 0) is 24.3 Å². The molecule has 1 aromatic carbocycles. The van der Waals surface area contributed by atoms with Crippen molar-refractivity contribution >= 4 is 36.8 Å². The number of rotatable bonds is 8. The van der Waals surface area contributed by atoms with Crippen molar-refractivity contribution in [2.45, 2.75) is 64.4 Å². The Labute approximate surface area is 214 Å². The Morgan fingerprint density at radius 2 is 1.89 bits per heavy atom. The van der Waals surface area contributed by atoms with Crippen LogP contribution >= 0.6 is 9.24 Å². The Bertz CT molecular complexity index is 1250. The fraction of sp³-hybridized carbons (Fsp3) is 0.480. The minimum Gasteiger partial charge on any atom is -0.347 e. The molecule has 2 heterocycles. The molecule has 0 aliphatic carbocycles. The normalized spacial score (nSPS) is 20.1. The second-order valence-electron chi connectivity index (χ2n) is 9.62. The first-order valence-electron chi connectivity index (χ1n) is 11.6. The van der Waals surface area contributed by atoms with E-state index in [2.05, 4.69) is 19.2 Å². The summed E-state index contributed by atoms with van der Waals surface area (Å²) in [6, 6.07) is 5.85. The second-order valence-corrected chi connectivity index (χ2v) is 12.3. The molecule has 11 heteroatoms. The molecule has 2 aromatic rings. The molecule has 0 bridgehead atoms. The number of carbonyl (C=O) groups excluding carboxylic acids is 1. The Morgan fingerprint density at radius 3 is 2.44 bits per heavy atom. The maximum absolute atomic E-state index is 13.7. The van der Waals surface area contributed by atoms with Crippen LogP contribution in [0.4, 0.5) is 10.3 Å². The highest BCUT2D eigenvalue weighted by Gasteiger charge is 2.35. The zero-order valence-corrected chi connectivity index (χ0v) is 23.3. The number of nitrogens with zero attached hydrogens (tertiary/aromatic N) is 3. The van der Waals surface area contributed by atoms with Gasteiger partial charge in [-0.05, 0) is 44.0 Å². The number of anilines is 1. The van der Waals surface area contributed by atoms with E-state index in [0.717, 1.165) is 10.6 Å². The molecule has 1 aliphatic rings. The van der Waals surface area contributed by atoms with Crippen LogP contribution < -0.4 is 4.31 Å². The summed E-state index contributed by atoms with van der Waals surface area (Å²) < 4.78 is 51.1. The Balaban J connectivity index is 2.13. The Hall–Kier alpha value is -2.26. The van der Waals surface area contributed by atoms with Gasteiger partial charge in [-0.3, -0.25) is 4.79 Å². The molecule has 1 aliphatic heterocycles. The molecule has 196 valence electrons. The predicted octanol–water partition coefficient (Wildman–Crippen LogP) is 4.52. The van der Waals surface area contributed by atoms with E-state index in [1.807, 2.05) is 26.0 Å². The van der Waals surface area contributed by atoms with E-state index in [1.165, 1.54) is 19.2 Å². The summed E-state index contributed by atoms with van der Waals surface area (Å²) in [4.78, 5) is 20.8. The van der Waals surface area contributed by atoms with Crippen molar-refractivity contribution < 1.29 is 27.1 Å². The molecule has 1 saturated heterocycles. The quantitative estimate of drug-likeness (QED) is 0.457. The summed E-state index contributed by atoms with van der Waals surface area (Å²) >= 11 is 0. The highest BCUT2D eigenvalue weighted by atomic mass is 32.2. The number of carbonyl (C=O) groups is 1. The second kappa shape index (κ2) is 11.0. The van der Waals surface area contributed by atoms with Crippen LogP contribution in [0.1, 0.15) is 57.7 Å². The van der Waals surface area contributed by atoms with Gasteiger partial charge in [-0.1, -0.05) is 35.2 Å². The summed E-state index contributed by atoms with van der Waals surface area (Å²) in [5, 5.41) is 0. The van der Waals surface area contributed by atoms with Gasteiger partial charge < -0.3 is 9.47 Å². The van der Waals surface area contributed by atoms with Crippen molar-refractivity contribution in [1.29, 1.82) is 0 Å². The molecule has 1 unspecified atom stereocenters. The van der Waals surface area contributed by atoms with Gasteiger partial charge in [0.05, 0.1) is 29.9 Å². The van der Waals surface area contributed by atoms with Crippen molar-refractivity contribution in [3.63, 3.8) is 0 Å². The van der Waals surface area contributed by atoms with E-state index in [0.29, 0.717) is 28.9 Å². The van der Waals surface area contributed by atoms with E-state index in [1.54, 1.807) is 26.0 Å². The minimum absolute atomic E-state index is 0.0279. The molecule has 8 nitrogen and oxygen atoms in total. The lowest BCUT2D eigenvalue weighted by Crippen LogP contribution is -2.44. The molecular weight excluding hydrogens is 504 g/mol. The lowest BCUT2D eigenvalue weighted by atomic mass is 9.97. The summed E-state index contributed by atoms with van der Waals surface area (Å²) in [6.45, 7) is 7.51. The van der Waals surface area contributed by atoms with Crippen molar-refractivity contribution in [2.75, 3.05) is 17.6 Å². The van der Waals surface area contributed by atoms with Gasteiger partial charge in [0.15, 0.2) is 11.3 Å². The van der Waals surface area contributed by atoms with Crippen molar-refractivity contribution in [3.05, 3.63) is 47.4 Å². The lowest BCUT2D eigenvalue weighted by molar-refractivity contribution is -0.289. The minimum atomic E-state index is -3.61. The number of hydrogen-bond donors (Lipinski definition) is 0. The third-order valence-electron chi connectivity index (χ3n) is 5.69. The predicted molar refractivity (Wildman–Crippen MR) is 142 cm³/mol. The number of benzene rings is 1. The first-order valence-corrected chi connectivity index (χ1v) is 14.0. The van der Waals surface area contributed by atoms with Gasteiger partial charge >= 0.3 is 0 Å². The van der Waals surface area contributed by atoms with E-state index in [4.69, 9.17) is 9.47 Å². The molecule has 3 atom stereocenters. The van der Waals surface area contributed by atoms with Gasteiger partial charge in [0.2, 0.25) is 16.0 Å². The molecule has 36 heavy (non-hydrogen) atoms. The fourth-order valence-corrected chi connectivity index (χ4v) is 4.66. The maximum Gasteiger partial charge on any atom is 0.239 e.